The van der Waals surface area contributed by atoms with Gasteiger partial charge >= 0.3 is 0 Å². The van der Waals surface area contributed by atoms with Crippen LogP contribution in [0.25, 0.3) is 0 Å². The van der Waals surface area contributed by atoms with Crippen LogP contribution in [0.4, 0.5) is 0 Å². The van der Waals surface area contributed by atoms with Crippen LogP contribution in [0.5, 0.6) is 23.0 Å². The van der Waals surface area contributed by atoms with E-state index in [2.05, 4.69) is 0 Å². The summed E-state index contributed by atoms with van der Waals surface area (Å²) in [6, 6.07) is 4.35. The van der Waals surface area contributed by atoms with Crippen molar-refractivity contribution in [3.8, 4) is 23.0 Å². The van der Waals surface area contributed by atoms with Crippen molar-refractivity contribution in [2.75, 3.05) is 14.2 Å². The summed E-state index contributed by atoms with van der Waals surface area (Å²) in [6.45, 7) is 3.36. The summed E-state index contributed by atoms with van der Waals surface area (Å²) in [5.74, 6) is -0.456. The minimum absolute atomic E-state index is 0.0194. The number of ketones is 1. The van der Waals surface area contributed by atoms with Crippen molar-refractivity contribution < 1.29 is 24.5 Å². The number of hydrogen-bond acceptors (Lipinski definition) is 5. The molecule has 2 aromatic rings. The van der Waals surface area contributed by atoms with E-state index in [0.29, 0.717) is 11.1 Å². The molecule has 0 fully saturated rings. The molecule has 0 spiro atoms. The molecule has 0 unspecified atom stereocenters. The molecule has 2 rings (SSSR count). The second kappa shape index (κ2) is 6.38. The van der Waals surface area contributed by atoms with Gasteiger partial charge in [-0.1, -0.05) is 11.6 Å². The van der Waals surface area contributed by atoms with Gasteiger partial charge in [-0.2, -0.15) is 0 Å². The average molecular weight is 337 g/mol. The van der Waals surface area contributed by atoms with Crippen LogP contribution in [0.1, 0.15) is 27.0 Å². The average Bonchev–Trinajstić information content (AvgIpc) is 2.50. The summed E-state index contributed by atoms with van der Waals surface area (Å²) in [6.07, 6.45) is 0. The number of carbonyl (C=O) groups is 1. The van der Waals surface area contributed by atoms with Crippen LogP contribution in [-0.4, -0.2) is 30.2 Å². The molecule has 122 valence electrons. The summed E-state index contributed by atoms with van der Waals surface area (Å²) in [7, 11) is 2.80. The van der Waals surface area contributed by atoms with Crippen molar-refractivity contribution in [2.24, 2.45) is 0 Å². The van der Waals surface area contributed by atoms with Crippen LogP contribution in [0, 0.1) is 13.8 Å². The summed E-state index contributed by atoms with van der Waals surface area (Å²) >= 11 is 6.05. The van der Waals surface area contributed by atoms with E-state index in [1.54, 1.807) is 19.9 Å². The van der Waals surface area contributed by atoms with E-state index in [-0.39, 0.29) is 39.1 Å². The highest BCUT2D eigenvalue weighted by Crippen LogP contribution is 2.40. The van der Waals surface area contributed by atoms with Crippen LogP contribution in [-0.2, 0) is 0 Å². The number of carbonyl (C=O) groups excluding carboxylic acids is 1. The van der Waals surface area contributed by atoms with Crippen LogP contribution >= 0.6 is 11.6 Å². The van der Waals surface area contributed by atoms with Gasteiger partial charge in [0.1, 0.15) is 28.6 Å². The van der Waals surface area contributed by atoms with Gasteiger partial charge in [0, 0.05) is 6.07 Å². The fourth-order valence-electron chi connectivity index (χ4n) is 2.44. The third-order valence-corrected chi connectivity index (χ3v) is 4.04. The minimum atomic E-state index is -0.504. The number of benzene rings is 2. The molecule has 2 aromatic carbocycles. The molecule has 23 heavy (non-hydrogen) atoms. The molecule has 0 saturated heterocycles. The van der Waals surface area contributed by atoms with Gasteiger partial charge in [-0.15, -0.1) is 0 Å². The first kappa shape index (κ1) is 17.0. The van der Waals surface area contributed by atoms with Crippen molar-refractivity contribution in [1.29, 1.82) is 0 Å². The van der Waals surface area contributed by atoms with E-state index in [0.717, 1.165) is 0 Å². The number of hydrogen-bond donors (Lipinski definition) is 2. The van der Waals surface area contributed by atoms with Crippen molar-refractivity contribution in [3.63, 3.8) is 0 Å². The van der Waals surface area contributed by atoms with E-state index < -0.39 is 5.78 Å². The van der Waals surface area contributed by atoms with Gasteiger partial charge in [-0.25, -0.2) is 0 Å². The maximum absolute atomic E-state index is 13.0. The SMILES string of the molecule is COc1cc(O)cc(C)c1C(=O)c1c(OC)cc(C)c(Cl)c1O. The third kappa shape index (κ3) is 2.92. The molecule has 0 aliphatic heterocycles. The number of aromatic hydroxyl groups is 2. The number of aryl methyl sites for hydroxylation is 2. The highest BCUT2D eigenvalue weighted by atomic mass is 35.5. The van der Waals surface area contributed by atoms with Gasteiger partial charge in [-0.3, -0.25) is 4.79 Å². The van der Waals surface area contributed by atoms with Gasteiger partial charge in [-0.05, 0) is 37.1 Å². The molecule has 0 aliphatic carbocycles. The quantitative estimate of drug-likeness (QED) is 0.834. The van der Waals surface area contributed by atoms with E-state index in [4.69, 9.17) is 21.1 Å². The molecule has 0 bridgehead atoms. The smallest absolute Gasteiger partial charge is 0.204 e. The van der Waals surface area contributed by atoms with E-state index in [1.807, 2.05) is 0 Å². The Labute approximate surface area is 139 Å². The normalized spacial score (nSPS) is 10.5. The topological polar surface area (TPSA) is 76.0 Å². The fourth-order valence-corrected chi connectivity index (χ4v) is 2.59. The minimum Gasteiger partial charge on any atom is -0.508 e. The van der Waals surface area contributed by atoms with E-state index in [9.17, 15) is 15.0 Å². The summed E-state index contributed by atoms with van der Waals surface area (Å²) in [5.41, 5.74) is 1.27. The van der Waals surface area contributed by atoms with Gasteiger partial charge in [0.05, 0.1) is 24.8 Å². The molecule has 2 N–H and O–H groups in total. The Morgan fingerprint density at radius 3 is 2.09 bits per heavy atom. The largest absolute Gasteiger partial charge is 0.508 e. The zero-order valence-corrected chi connectivity index (χ0v) is 14.0. The molecular weight excluding hydrogens is 320 g/mol. The third-order valence-electron chi connectivity index (χ3n) is 3.56. The lowest BCUT2D eigenvalue weighted by molar-refractivity contribution is 0.103. The number of ether oxygens (including phenoxy) is 2. The highest BCUT2D eigenvalue weighted by molar-refractivity contribution is 6.34. The monoisotopic (exact) mass is 336 g/mol. The molecule has 5 nitrogen and oxygen atoms in total. The van der Waals surface area contributed by atoms with E-state index >= 15 is 0 Å². The maximum Gasteiger partial charge on any atom is 0.204 e. The fraction of sp³-hybridized carbons (Fsp3) is 0.235. The zero-order chi connectivity index (χ0) is 17.3. The first-order valence-corrected chi connectivity index (χ1v) is 7.18. The van der Waals surface area contributed by atoms with Crippen molar-refractivity contribution in [1.82, 2.24) is 0 Å². The molecule has 0 aromatic heterocycles. The number of halogens is 1. The maximum atomic E-state index is 13.0. The van der Waals surface area contributed by atoms with Gasteiger partial charge in [0.15, 0.2) is 0 Å². The molecule has 6 heteroatoms. The Balaban J connectivity index is 2.74. The first-order chi connectivity index (χ1) is 10.8. The Morgan fingerprint density at radius 2 is 1.52 bits per heavy atom. The molecule has 0 aliphatic rings. The van der Waals surface area contributed by atoms with Crippen LogP contribution in [0.2, 0.25) is 5.02 Å². The summed E-state index contributed by atoms with van der Waals surface area (Å²) in [5, 5.41) is 20.0. The Kier molecular flexibility index (Phi) is 4.71. The van der Waals surface area contributed by atoms with Crippen molar-refractivity contribution >= 4 is 17.4 Å². The second-order valence-electron chi connectivity index (χ2n) is 5.10. The second-order valence-corrected chi connectivity index (χ2v) is 5.48. The predicted octanol–water partition coefficient (Wildman–Crippen LogP) is 3.62. The first-order valence-electron chi connectivity index (χ1n) is 6.80. The van der Waals surface area contributed by atoms with Gasteiger partial charge in [0.25, 0.3) is 0 Å². The number of phenolic OH excluding ortho intramolecular Hbond substituents is 2. The molecule has 0 amide bonds. The van der Waals surface area contributed by atoms with Crippen LogP contribution in [0.15, 0.2) is 18.2 Å². The zero-order valence-electron chi connectivity index (χ0n) is 13.2. The standard InChI is InChI=1S/C17H17ClO5/c1-8-5-10(19)7-12(23-4)13(8)16(20)14-11(22-3)6-9(2)15(18)17(14)21/h5-7,19,21H,1-4H3. The molecule has 0 radical (unpaired) electrons. The Hall–Kier alpha value is -2.40. The number of methoxy groups -OCH3 is 2. The lowest BCUT2D eigenvalue weighted by Gasteiger charge is -2.16. The lowest BCUT2D eigenvalue weighted by Crippen LogP contribution is -2.09. The molecular formula is C17H17ClO5. The number of phenols is 2. The molecule has 0 atom stereocenters. The Bertz CT molecular complexity index is 783. The number of rotatable bonds is 4. The highest BCUT2D eigenvalue weighted by Gasteiger charge is 2.26. The predicted molar refractivity (Wildman–Crippen MR) is 87.2 cm³/mol. The van der Waals surface area contributed by atoms with E-state index in [1.165, 1.54) is 26.4 Å². The molecule has 0 saturated carbocycles. The molecule has 0 heterocycles. The van der Waals surface area contributed by atoms with Crippen LogP contribution in [0.3, 0.4) is 0 Å². The summed E-state index contributed by atoms with van der Waals surface area (Å²) < 4.78 is 10.4. The van der Waals surface area contributed by atoms with Gasteiger partial charge in [0.2, 0.25) is 5.78 Å². The van der Waals surface area contributed by atoms with Crippen molar-refractivity contribution in [2.45, 2.75) is 13.8 Å². The van der Waals surface area contributed by atoms with Crippen LogP contribution < -0.4 is 9.47 Å². The summed E-state index contributed by atoms with van der Waals surface area (Å²) in [4.78, 5) is 13.0. The van der Waals surface area contributed by atoms with Crippen molar-refractivity contribution in [3.05, 3.63) is 45.5 Å². The Morgan fingerprint density at radius 1 is 0.957 bits per heavy atom. The lowest BCUT2D eigenvalue weighted by atomic mass is 9.95. The van der Waals surface area contributed by atoms with Gasteiger partial charge < -0.3 is 19.7 Å².